The molecule has 0 aromatic rings. The molecule has 21 heavy (non-hydrogen) atoms. The number of hydrogen-bond donors (Lipinski definition) is 1. The van der Waals surface area contributed by atoms with Crippen LogP contribution in [0, 0.1) is 22.7 Å². The maximum Gasteiger partial charge on any atom is 0.306 e. The van der Waals surface area contributed by atoms with E-state index in [4.69, 9.17) is 10.5 Å². The molecule has 0 unspecified atom stereocenters. The predicted molar refractivity (Wildman–Crippen MR) is 85.7 cm³/mol. The first-order valence-electron chi connectivity index (χ1n) is 8.10. The number of carbonyl (C=O) groups is 1. The predicted octanol–water partition coefficient (Wildman–Crippen LogP) is 3.68. The van der Waals surface area contributed by atoms with Gasteiger partial charge in [-0.15, -0.1) is 0 Å². The van der Waals surface area contributed by atoms with E-state index in [0.717, 1.165) is 6.42 Å². The Morgan fingerprint density at radius 2 is 1.95 bits per heavy atom. The van der Waals surface area contributed by atoms with Gasteiger partial charge >= 0.3 is 5.97 Å². The lowest BCUT2D eigenvalue weighted by atomic mass is 9.53. The number of esters is 1. The van der Waals surface area contributed by atoms with Crippen LogP contribution in [0.15, 0.2) is 11.6 Å². The van der Waals surface area contributed by atoms with Crippen molar-refractivity contribution >= 4 is 5.97 Å². The van der Waals surface area contributed by atoms with Gasteiger partial charge in [0.15, 0.2) is 0 Å². The first-order chi connectivity index (χ1) is 9.47. The fourth-order valence-corrected chi connectivity index (χ4v) is 3.91. The van der Waals surface area contributed by atoms with Crippen molar-refractivity contribution in [2.45, 2.75) is 66.4 Å². The summed E-state index contributed by atoms with van der Waals surface area (Å²) in [7, 11) is 0. The first-order valence-corrected chi connectivity index (χ1v) is 8.10. The van der Waals surface area contributed by atoms with Crippen molar-refractivity contribution in [2.24, 2.45) is 28.4 Å². The van der Waals surface area contributed by atoms with Gasteiger partial charge < -0.3 is 10.5 Å². The number of carbonyl (C=O) groups excluding carboxylic acids is 1. The molecule has 0 aliphatic heterocycles. The average molecular weight is 293 g/mol. The van der Waals surface area contributed by atoms with Crippen molar-refractivity contribution in [3.63, 3.8) is 0 Å². The van der Waals surface area contributed by atoms with E-state index in [-0.39, 0.29) is 16.8 Å². The van der Waals surface area contributed by atoms with Gasteiger partial charge in [-0.25, -0.2) is 0 Å². The molecular weight excluding hydrogens is 262 g/mol. The molecule has 0 aromatic carbocycles. The fraction of sp³-hybridized carbons (Fsp3) is 0.833. The molecule has 2 aliphatic rings. The van der Waals surface area contributed by atoms with Crippen LogP contribution in [0.1, 0.15) is 60.8 Å². The summed E-state index contributed by atoms with van der Waals surface area (Å²) in [5.41, 5.74) is 7.32. The summed E-state index contributed by atoms with van der Waals surface area (Å²) >= 11 is 0. The Morgan fingerprint density at radius 3 is 2.43 bits per heavy atom. The van der Waals surface area contributed by atoms with Crippen LogP contribution in [0.25, 0.3) is 0 Å². The van der Waals surface area contributed by atoms with Gasteiger partial charge in [-0.3, -0.25) is 4.79 Å². The van der Waals surface area contributed by atoms with Crippen LogP contribution in [-0.2, 0) is 9.53 Å². The van der Waals surface area contributed by atoms with Crippen LogP contribution >= 0.6 is 0 Å². The minimum atomic E-state index is -0.419. The Labute approximate surface area is 129 Å². The highest BCUT2D eigenvalue weighted by atomic mass is 16.6. The van der Waals surface area contributed by atoms with Crippen LogP contribution in [0.5, 0.6) is 0 Å². The Bertz CT molecular complexity index is 453. The molecule has 3 atom stereocenters. The van der Waals surface area contributed by atoms with Gasteiger partial charge in [-0.2, -0.15) is 0 Å². The minimum absolute atomic E-state index is 0.0694. The SMILES string of the molecule is CC(C)(C)OC(=O)C[C@]1(CN)C[C@@H]2CC(C(C)(C)C)=C[C@@H]21. The van der Waals surface area contributed by atoms with Crippen molar-refractivity contribution < 1.29 is 9.53 Å². The van der Waals surface area contributed by atoms with E-state index in [1.54, 1.807) is 0 Å². The second-order valence-corrected chi connectivity index (χ2v) is 8.97. The molecule has 0 spiro atoms. The van der Waals surface area contributed by atoms with E-state index in [2.05, 4.69) is 26.8 Å². The highest BCUT2D eigenvalue weighted by Gasteiger charge is 2.56. The van der Waals surface area contributed by atoms with E-state index in [9.17, 15) is 4.79 Å². The Balaban J connectivity index is 2.08. The van der Waals surface area contributed by atoms with Crippen LogP contribution < -0.4 is 5.73 Å². The monoisotopic (exact) mass is 293 g/mol. The first kappa shape index (κ1) is 16.5. The van der Waals surface area contributed by atoms with Gasteiger partial charge in [-0.05, 0) is 62.8 Å². The van der Waals surface area contributed by atoms with Crippen molar-refractivity contribution in [3.8, 4) is 0 Å². The topological polar surface area (TPSA) is 52.3 Å². The summed E-state index contributed by atoms with van der Waals surface area (Å²) in [6.45, 7) is 13.1. The summed E-state index contributed by atoms with van der Waals surface area (Å²) < 4.78 is 5.50. The molecule has 0 bridgehead atoms. The van der Waals surface area contributed by atoms with E-state index < -0.39 is 5.60 Å². The lowest BCUT2D eigenvalue weighted by Crippen LogP contribution is -2.51. The van der Waals surface area contributed by atoms with Crippen LogP contribution in [0.4, 0.5) is 0 Å². The third kappa shape index (κ3) is 3.33. The number of fused-ring (bicyclic) bond motifs is 1. The number of hydrogen-bond acceptors (Lipinski definition) is 3. The number of rotatable bonds is 3. The summed E-state index contributed by atoms with van der Waals surface area (Å²) in [6, 6.07) is 0. The van der Waals surface area contributed by atoms with Gasteiger partial charge in [0.25, 0.3) is 0 Å². The Morgan fingerprint density at radius 1 is 1.33 bits per heavy atom. The molecule has 2 N–H and O–H groups in total. The van der Waals surface area contributed by atoms with Crippen molar-refractivity contribution in [1.29, 1.82) is 0 Å². The molecule has 0 saturated heterocycles. The highest BCUT2D eigenvalue weighted by molar-refractivity contribution is 5.71. The molecule has 0 aromatic heterocycles. The van der Waals surface area contributed by atoms with Gasteiger partial charge in [0, 0.05) is 0 Å². The van der Waals surface area contributed by atoms with Gasteiger partial charge in [0.1, 0.15) is 5.60 Å². The fourth-order valence-electron chi connectivity index (χ4n) is 3.91. The summed E-state index contributed by atoms with van der Waals surface area (Å²) in [6.07, 6.45) is 5.09. The second-order valence-electron chi connectivity index (χ2n) is 8.97. The second kappa shape index (κ2) is 5.12. The molecule has 2 aliphatic carbocycles. The normalized spacial score (nSPS) is 32.2. The molecule has 0 heterocycles. The van der Waals surface area contributed by atoms with Crippen molar-refractivity contribution in [2.75, 3.05) is 6.54 Å². The third-order valence-electron chi connectivity index (χ3n) is 5.03. The van der Waals surface area contributed by atoms with Gasteiger partial charge in [0.2, 0.25) is 0 Å². The van der Waals surface area contributed by atoms with Gasteiger partial charge in [-0.1, -0.05) is 32.4 Å². The third-order valence-corrected chi connectivity index (χ3v) is 5.03. The molecule has 3 heteroatoms. The zero-order valence-electron chi connectivity index (χ0n) is 14.5. The zero-order valence-corrected chi connectivity index (χ0v) is 14.5. The summed E-state index contributed by atoms with van der Waals surface area (Å²) in [5.74, 6) is 1.04. The molecule has 1 fully saturated rings. The lowest BCUT2D eigenvalue weighted by Gasteiger charge is -2.51. The Kier molecular flexibility index (Phi) is 4.03. The van der Waals surface area contributed by atoms with E-state index >= 15 is 0 Å². The molecule has 120 valence electrons. The molecule has 0 amide bonds. The Hall–Kier alpha value is -0.830. The molecule has 2 rings (SSSR count). The standard InChI is InChI=1S/C18H31NO2/c1-16(2,3)13-7-12-9-18(11-19,14(12)8-13)10-15(20)21-17(4,5)6/h8,12,14H,7,9-11,19H2,1-6H3/t12-,14-,18-/m0/s1. The molecular formula is C18H31NO2. The van der Waals surface area contributed by atoms with Crippen molar-refractivity contribution in [1.82, 2.24) is 0 Å². The van der Waals surface area contributed by atoms with Crippen LogP contribution in [0.3, 0.4) is 0 Å². The van der Waals surface area contributed by atoms with E-state index in [0.29, 0.717) is 24.8 Å². The summed E-state index contributed by atoms with van der Waals surface area (Å²) in [4.78, 5) is 12.2. The average Bonchev–Trinajstić information content (AvgIpc) is 2.62. The van der Waals surface area contributed by atoms with E-state index in [1.165, 1.54) is 12.0 Å². The zero-order chi connectivity index (χ0) is 16.1. The number of allylic oxidation sites excluding steroid dienone is 2. The summed E-state index contributed by atoms with van der Waals surface area (Å²) in [5, 5.41) is 0. The maximum absolute atomic E-state index is 12.2. The number of ether oxygens (including phenoxy) is 1. The largest absolute Gasteiger partial charge is 0.460 e. The molecule has 1 saturated carbocycles. The lowest BCUT2D eigenvalue weighted by molar-refractivity contribution is -0.162. The van der Waals surface area contributed by atoms with Crippen LogP contribution in [-0.4, -0.2) is 18.1 Å². The smallest absolute Gasteiger partial charge is 0.306 e. The van der Waals surface area contributed by atoms with Gasteiger partial charge in [0.05, 0.1) is 6.42 Å². The minimum Gasteiger partial charge on any atom is -0.460 e. The molecule has 3 nitrogen and oxygen atoms in total. The molecule has 0 radical (unpaired) electrons. The highest BCUT2D eigenvalue weighted by Crippen LogP contribution is 2.61. The number of nitrogens with two attached hydrogens (primary N) is 1. The van der Waals surface area contributed by atoms with Crippen LogP contribution in [0.2, 0.25) is 0 Å². The quantitative estimate of drug-likeness (QED) is 0.638. The maximum atomic E-state index is 12.2. The van der Waals surface area contributed by atoms with Crippen molar-refractivity contribution in [3.05, 3.63) is 11.6 Å². The van der Waals surface area contributed by atoms with E-state index in [1.807, 2.05) is 20.8 Å².